The van der Waals surface area contributed by atoms with Gasteiger partial charge in [-0.3, -0.25) is 0 Å². The standard InChI is InChI=1S/2C16H20N4O2/c1-21-14-4-12-13(5-15(14)22-2)18-9-19-16(12)20-8-10-3-11(20)7-17-6-10;1-21-14-4-12-13(5-15(14)22-2)18-9-19-16(12)20-7-10-3-11(8-20)17-6-10/h2*4-5,9-11,17H,3,6-8H2,1-2H3. The Morgan fingerprint density at radius 2 is 1.23 bits per heavy atom. The molecule has 4 atom stereocenters. The monoisotopic (exact) mass is 600 g/mol. The Labute approximate surface area is 257 Å². The molecule has 0 spiro atoms. The number of hydrogen-bond donors (Lipinski definition) is 2. The molecule has 12 heteroatoms. The van der Waals surface area contributed by atoms with Crippen LogP contribution in [0.1, 0.15) is 12.8 Å². The van der Waals surface area contributed by atoms with Crippen LogP contribution in [0.25, 0.3) is 21.8 Å². The Balaban J connectivity index is 0.000000142. The molecule has 6 heterocycles. The summed E-state index contributed by atoms with van der Waals surface area (Å²) in [6.45, 7) is 6.34. The number of anilines is 2. The molecule has 4 saturated heterocycles. The van der Waals surface area contributed by atoms with Gasteiger partial charge in [-0.25, -0.2) is 19.9 Å². The van der Waals surface area contributed by atoms with E-state index in [0.29, 0.717) is 46.9 Å². The molecule has 2 aromatic carbocycles. The molecule has 4 aliphatic heterocycles. The van der Waals surface area contributed by atoms with Gasteiger partial charge in [0.2, 0.25) is 0 Å². The maximum absolute atomic E-state index is 5.44. The number of methoxy groups -OCH3 is 4. The first-order chi connectivity index (χ1) is 21.6. The molecule has 0 saturated carbocycles. The highest BCUT2D eigenvalue weighted by molar-refractivity contribution is 5.93. The van der Waals surface area contributed by atoms with Crippen LogP contribution in [0.5, 0.6) is 23.0 Å². The van der Waals surface area contributed by atoms with Gasteiger partial charge in [0.05, 0.1) is 39.5 Å². The van der Waals surface area contributed by atoms with Crippen LogP contribution in [0, 0.1) is 11.8 Å². The normalized spacial score (nSPS) is 23.8. The van der Waals surface area contributed by atoms with Crippen LogP contribution in [0.3, 0.4) is 0 Å². The Hall–Kier alpha value is -4.16. The molecule has 4 aliphatic rings. The molecule has 4 unspecified atom stereocenters. The smallest absolute Gasteiger partial charge is 0.162 e. The summed E-state index contributed by atoms with van der Waals surface area (Å²) < 4.78 is 21.6. The van der Waals surface area contributed by atoms with Gasteiger partial charge >= 0.3 is 0 Å². The number of nitrogens with one attached hydrogen (secondary N) is 2. The predicted molar refractivity (Wildman–Crippen MR) is 170 cm³/mol. The molecule has 44 heavy (non-hydrogen) atoms. The molecule has 232 valence electrons. The number of hydrogen-bond acceptors (Lipinski definition) is 12. The molecule has 0 aliphatic carbocycles. The molecular formula is C32H40N8O4. The van der Waals surface area contributed by atoms with E-state index in [1.165, 1.54) is 12.8 Å². The van der Waals surface area contributed by atoms with Crippen molar-refractivity contribution >= 4 is 33.4 Å². The van der Waals surface area contributed by atoms with Gasteiger partial charge < -0.3 is 39.4 Å². The van der Waals surface area contributed by atoms with Crippen LogP contribution in [-0.2, 0) is 0 Å². The van der Waals surface area contributed by atoms with Gasteiger partial charge in [-0.05, 0) is 43.4 Å². The van der Waals surface area contributed by atoms with Crippen LogP contribution < -0.4 is 39.4 Å². The predicted octanol–water partition coefficient (Wildman–Crippen LogP) is 2.89. The summed E-state index contributed by atoms with van der Waals surface area (Å²) in [5.74, 6) is 6.23. The Morgan fingerprint density at radius 1 is 0.636 bits per heavy atom. The van der Waals surface area contributed by atoms with E-state index in [9.17, 15) is 0 Å². The van der Waals surface area contributed by atoms with E-state index in [1.54, 1.807) is 41.1 Å². The van der Waals surface area contributed by atoms with Gasteiger partial charge in [0.1, 0.15) is 24.3 Å². The fourth-order valence-electron chi connectivity index (χ4n) is 7.29. The zero-order valence-corrected chi connectivity index (χ0v) is 25.7. The summed E-state index contributed by atoms with van der Waals surface area (Å²) in [4.78, 5) is 22.7. The minimum atomic E-state index is 0.518. The number of piperidine rings is 2. The second-order valence-electron chi connectivity index (χ2n) is 12.0. The molecule has 8 rings (SSSR count). The van der Waals surface area contributed by atoms with Crippen molar-refractivity contribution in [2.75, 3.05) is 77.5 Å². The summed E-state index contributed by atoms with van der Waals surface area (Å²) in [6, 6.07) is 8.89. The van der Waals surface area contributed by atoms with Crippen LogP contribution in [0.2, 0.25) is 0 Å². The summed E-state index contributed by atoms with van der Waals surface area (Å²) >= 11 is 0. The number of benzene rings is 2. The fraction of sp³-hybridized carbons (Fsp3) is 0.500. The maximum atomic E-state index is 5.44. The van der Waals surface area contributed by atoms with Gasteiger partial charge in [0.25, 0.3) is 0 Å². The van der Waals surface area contributed by atoms with E-state index in [-0.39, 0.29) is 0 Å². The third-order valence-electron chi connectivity index (χ3n) is 9.36. The number of fused-ring (bicyclic) bond motifs is 6. The lowest BCUT2D eigenvalue weighted by molar-refractivity contribution is 0.355. The van der Waals surface area contributed by atoms with Crippen molar-refractivity contribution in [3.05, 3.63) is 36.9 Å². The molecule has 0 amide bonds. The highest BCUT2D eigenvalue weighted by Gasteiger charge is 2.37. The molecule has 2 N–H and O–H groups in total. The number of ether oxygens (including phenoxy) is 4. The number of rotatable bonds is 6. The van der Waals surface area contributed by atoms with Gasteiger partial charge in [-0.1, -0.05) is 0 Å². The van der Waals surface area contributed by atoms with E-state index in [1.807, 2.05) is 24.3 Å². The third kappa shape index (κ3) is 5.26. The van der Waals surface area contributed by atoms with Gasteiger partial charge in [-0.15, -0.1) is 0 Å². The highest BCUT2D eigenvalue weighted by atomic mass is 16.5. The quantitative estimate of drug-likeness (QED) is 0.339. The molecule has 4 fully saturated rings. The largest absolute Gasteiger partial charge is 0.493 e. The number of nitrogens with zero attached hydrogens (tertiary/aromatic N) is 6. The van der Waals surface area contributed by atoms with Crippen molar-refractivity contribution in [1.82, 2.24) is 30.6 Å². The molecule has 2 aromatic heterocycles. The summed E-state index contributed by atoms with van der Waals surface area (Å²) in [7, 11) is 6.58. The molecule has 0 radical (unpaired) electrons. The van der Waals surface area contributed by atoms with Crippen molar-refractivity contribution in [3.63, 3.8) is 0 Å². The Kier molecular flexibility index (Phi) is 7.85. The summed E-state index contributed by atoms with van der Waals surface area (Å²) in [5.41, 5.74) is 1.77. The molecule has 4 bridgehead atoms. The lowest BCUT2D eigenvalue weighted by Gasteiger charge is -2.32. The van der Waals surface area contributed by atoms with Crippen LogP contribution in [0.15, 0.2) is 36.9 Å². The van der Waals surface area contributed by atoms with Crippen LogP contribution in [0.4, 0.5) is 11.6 Å². The van der Waals surface area contributed by atoms with E-state index in [0.717, 1.165) is 72.7 Å². The first kappa shape index (κ1) is 28.6. The van der Waals surface area contributed by atoms with Crippen molar-refractivity contribution < 1.29 is 18.9 Å². The Bertz CT molecular complexity index is 1640. The lowest BCUT2D eigenvalue weighted by atomic mass is 9.99. The highest BCUT2D eigenvalue weighted by Crippen LogP contribution is 2.39. The van der Waals surface area contributed by atoms with Crippen molar-refractivity contribution in [3.8, 4) is 23.0 Å². The minimum absolute atomic E-state index is 0.518. The first-order valence-corrected chi connectivity index (χ1v) is 15.3. The SMILES string of the molecule is COc1cc2ncnc(N3CC4CNC(C4)C3)c2cc1OC.COc1cc2ncnc(N3CC4CNCC3C4)c2cc1OC. The van der Waals surface area contributed by atoms with Crippen LogP contribution >= 0.6 is 0 Å². The first-order valence-electron chi connectivity index (χ1n) is 15.3. The molecule has 12 nitrogen and oxygen atoms in total. The van der Waals surface area contributed by atoms with Crippen molar-refractivity contribution in [2.45, 2.75) is 24.9 Å². The number of aromatic nitrogens is 4. The van der Waals surface area contributed by atoms with E-state index < -0.39 is 0 Å². The molecule has 4 aromatic rings. The second-order valence-corrected chi connectivity index (χ2v) is 12.0. The zero-order chi connectivity index (χ0) is 30.2. The summed E-state index contributed by atoms with van der Waals surface area (Å²) in [5, 5.41) is 9.12. The average molecular weight is 601 g/mol. The molecular weight excluding hydrogens is 560 g/mol. The van der Waals surface area contributed by atoms with Crippen molar-refractivity contribution in [1.29, 1.82) is 0 Å². The van der Waals surface area contributed by atoms with Gasteiger partial charge in [0, 0.05) is 67.7 Å². The fourth-order valence-corrected chi connectivity index (χ4v) is 7.29. The second kappa shape index (κ2) is 12.1. The zero-order valence-electron chi connectivity index (χ0n) is 25.7. The van der Waals surface area contributed by atoms with Crippen LogP contribution in [-0.4, -0.2) is 99.7 Å². The van der Waals surface area contributed by atoms with E-state index in [4.69, 9.17) is 18.9 Å². The third-order valence-corrected chi connectivity index (χ3v) is 9.36. The topological polar surface area (TPSA) is 119 Å². The maximum Gasteiger partial charge on any atom is 0.162 e. The minimum Gasteiger partial charge on any atom is -0.493 e. The van der Waals surface area contributed by atoms with E-state index in [2.05, 4.69) is 40.4 Å². The lowest BCUT2D eigenvalue weighted by Crippen LogP contribution is -2.41. The van der Waals surface area contributed by atoms with Gasteiger partial charge in [0.15, 0.2) is 23.0 Å². The van der Waals surface area contributed by atoms with Gasteiger partial charge in [-0.2, -0.15) is 0 Å². The average Bonchev–Trinajstić information content (AvgIpc) is 3.57. The summed E-state index contributed by atoms with van der Waals surface area (Å²) in [6.07, 6.45) is 5.79. The Morgan fingerprint density at radius 3 is 1.84 bits per heavy atom. The van der Waals surface area contributed by atoms with Crippen molar-refractivity contribution in [2.24, 2.45) is 11.8 Å². The van der Waals surface area contributed by atoms with E-state index >= 15 is 0 Å².